The second kappa shape index (κ2) is 12.9. The van der Waals surface area contributed by atoms with E-state index in [0.29, 0.717) is 6.04 Å². The third-order valence-corrected chi connectivity index (χ3v) is 3.47. The Bertz CT molecular complexity index is 192. The van der Waals surface area contributed by atoms with Crippen LogP contribution in [0.4, 0.5) is 0 Å². The predicted octanol–water partition coefficient (Wildman–Crippen LogP) is 4.82. The first-order chi connectivity index (χ1) is 8.70. The molecule has 1 amide bonds. The first-order valence-electron chi connectivity index (χ1n) is 7.97. The molecule has 0 saturated heterocycles. The van der Waals surface area contributed by atoms with E-state index in [1.807, 2.05) is 0 Å². The lowest BCUT2D eigenvalue weighted by Crippen LogP contribution is -2.32. The lowest BCUT2D eigenvalue weighted by Gasteiger charge is -2.17. The highest BCUT2D eigenvalue weighted by atomic mass is 16.1. The van der Waals surface area contributed by atoms with Gasteiger partial charge in [-0.15, -0.1) is 0 Å². The summed E-state index contributed by atoms with van der Waals surface area (Å²) in [6.45, 7) is 6.09. The Morgan fingerprint density at radius 3 is 1.89 bits per heavy atom. The molecule has 1 atom stereocenters. The van der Waals surface area contributed by atoms with Gasteiger partial charge < -0.3 is 5.32 Å². The van der Waals surface area contributed by atoms with Crippen molar-refractivity contribution in [3.05, 3.63) is 0 Å². The average molecular weight is 255 g/mol. The van der Waals surface area contributed by atoms with Crippen LogP contribution in [0.25, 0.3) is 0 Å². The van der Waals surface area contributed by atoms with Crippen molar-refractivity contribution in [1.82, 2.24) is 5.32 Å². The van der Waals surface area contributed by atoms with Crippen LogP contribution in [0, 0.1) is 0 Å². The van der Waals surface area contributed by atoms with Crippen molar-refractivity contribution in [3.63, 3.8) is 0 Å². The number of rotatable bonds is 12. The van der Waals surface area contributed by atoms with E-state index in [1.54, 1.807) is 6.92 Å². The zero-order valence-electron chi connectivity index (χ0n) is 12.8. The Labute approximate surface area is 114 Å². The summed E-state index contributed by atoms with van der Waals surface area (Å²) in [5.74, 6) is 0.124. The van der Waals surface area contributed by atoms with Crippen LogP contribution in [0.3, 0.4) is 0 Å². The molecular weight excluding hydrogens is 222 g/mol. The Morgan fingerprint density at radius 2 is 1.33 bits per heavy atom. The minimum absolute atomic E-state index is 0.124. The van der Waals surface area contributed by atoms with Gasteiger partial charge in [0.05, 0.1) is 0 Å². The van der Waals surface area contributed by atoms with Gasteiger partial charge in [-0.1, -0.05) is 71.6 Å². The lowest BCUT2D eigenvalue weighted by atomic mass is 10.0. The van der Waals surface area contributed by atoms with Gasteiger partial charge in [0.15, 0.2) is 0 Å². The van der Waals surface area contributed by atoms with E-state index >= 15 is 0 Å². The SMILES string of the molecule is CCCCCCCCCC(CCCC)NC(C)=O. The second-order valence-electron chi connectivity index (χ2n) is 5.45. The Balaban J connectivity index is 3.52. The third kappa shape index (κ3) is 11.9. The number of unbranched alkanes of at least 4 members (excludes halogenated alkanes) is 7. The molecule has 0 aromatic carbocycles. The van der Waals surface area contributed by atoms with Crippen molar-refractivity contribution in [2.75, 3.05) is 0 Å². The van der Waals surface area contributed by atoms with E-state index in [2.05, 4.69) is 19.2 Å². The van der Waals surface area contributed by atoms with Gasteiger partial charge in [-0.3, -0.25) is 4.79 Å². The predicted molar refractivity (Wildman–Crippen MR) is 79.7 cm³/mol. The van der Waals surface area contributed by atoms with E-state index in [1.165, 1.54) is 57.8 Å². The Hall–Kier alpha value is -0.530. The number of carbonyl (C=O) groups excluding carboxylic acids is 1. The number of amides is 1. The van der Waals surface area contributed by atoms with Gasteiger partial charge in [0.2, 0.25) is 5.91 Å². The van der Waals surface area contributed by atoms with Crippen LogP contribution in [0.1, 0.15) is 91.4 Å². The normalized spacial score (nSPS) is 12.4. The molecule has 0 aromatic rings. The van der Waals surface area contributed by atoms with Gasteiger partial charge in [-0.2, -0.15) is 0 Å². The average Bonchev–Trinajstić information content (AvgIpc) is 2.34. The number of nitrogens with one attached hydrogen (secondary N) is 1. The molecule has 0 rings (SSSR count). The van der Waals surface area contributed by atoms with Gasteiger partial charge in [0, 0.05) is 13.0 Å². The largest absolute Gasteiger partial charge is 0.354 e. The molecule has 2 nitrogen and oxygen atoms in total. The van der Waals surface area contributed by atoms with Crippen LogP contribution < -0.4 is 5.32 Å². The first-order valence-corrected chi connectivity index (χ1v) is 7.97. The highest BCUT2D eigenvalue weighted by molar-refractivity contribution is 5.73. The van der Waals surface area contributed by atoms with E-state index in [4.69, 9.17) is 0 Å². The highest BCUT2D eigenvalue weighted by Gasteiger charge is 2.08. The van der Waals surface area contributed by atoms with Crippen LogP contribution in [-0.4, -0.2) is 11.9 Å². The van der Waals surface area contributed by atoms with Crippen molar-refractivity contribution < 1.29 is 4.79 Å². The van der Waals surface area contributed by atoms with Crippen molar-refractivity contribution in [3.8, 4) is 0 Å². The van der Waals surface area contributed by atoms with Gasteiger partial charge in [-0.05, 0) is 12.8 Å². The second-order valence-corrected chi connectivity index (χ2v) is 5.45. The van der Waals surface area contributed by atoms with Crippen molar-refractivity contribution in [2.24, 2.45) is 0 Å². The fourth-order valence-corrected chi connectivity index (χ4v) is 2.37. The van der Waals surface area contributed by atoms with Crippen molar-refractivity contribution in [2.45, 2.75) is 97.4 Å². The summed E-state index contributed by atoms with van der Waals surface area (Å²) in [5, 5.41) is 3.09. The summed E-state index contributed by atoms with van der Waals surface area (Å²) in [7, 11) is 0. The van der Waals surface area contributed by atoms with Crippen LogP contribution >= 0.6 is 0 Å². The van der Waals surface area contributed by atoms with Crippen LogP contribution in [0.15, 0.2) is 0 Å². The molecule has 0 spiro atoms. The summed E-state index contributed by atoms with van der Waals surface area (Å²) in [4.78, 5) is 11.1. The number of hydrogen-bond acceptors (Lipinski definition) is 1. The maximum absolute atomic E-state index is 11.1. The highest BCUT2D eigenvalue weighted by Crippen LogP contribution is 2.12. The molecule has 108 valence electrons. The quantitative estimate of drug-likeness (QED) is 0.498. The van der Waals surface area contributed by atoms with Gasteiger partial charge in [0.1, 0.15) is 0 Å². The van der Waals surface area contributed by atoms with E-state index in [-0.39, 0.29) is 5.91 Å². The molecule has 18 heavy (non-hydrogen) atoms. The Kier molecular flexibility index (Phi) is 12.5. The summed E-state index contributed by atoms with van der Waals surface area (Å²) < 4.78 is 0. The zero-order valence-corrected chi connectivity index (χ0v) is 12.8. The van der Waals surface area contributed by atoms with E-state index < -0.39 is 0 Å². The molecule has 0 heterocycles. The molecule has 0 fully saturated rings. The topological polar surface area (TPSA) is 29.1 Å². The molecule has 0 aliphatic carbocycles. The summed E-state index contributed by atoms with van der Waals surface area (Å²) in [6.07, 6.45) is 14.2. The minimum Gasteiger partial charge on any atom is -0.354 e. The van der Waals surface area contributed by atoms with E-state index in [9.17, 15) is 4.79 Å². The summed E-state index contributed by atoms with van der Waals surface area (Å²) >= 11 is 0. The van der Waals surface area contributed by atoms with Gasteiger partial charge in [-0.25, -0.2) is 0 Å². The summed E-state index contributed by atoms with van der Waals surface area (Å²) in [5.41, 5.74) is 0. The van der Waals surface area contributed by atoms with Crippen LogP contribution in [0.2, 0.25) is 0 Å². The Morgan fingerprint density at radius 1 is 0.833 bits per heavy atom. The third-order valence-electron chi connectivity index (χ3n) is 3.47. The van der Waals surface area contributed by atoms with Crippen LogP contribution in [-0.2, 0) is 4.79 Å². The van der Waals surface area contributed by atoms with Crippen molar-refractivity contribution >= 4 is 5.91 Å². The molecule has 0 radical (unpaired) electrons. The number of hydrogen-bond donors (Lipinski definition) is 1. The van der Waals surface area contributed by atoms with Crippen LogP contribution in [0.5, 0.6) is 0 Å². The molecular formula is C16H33NO. The molecule has 0 aliphatic heterocycles. The zero-order chi connectivity index (χ0) is 13.6. The van der Waals surface area contributed by atoms with E-state index in [0.717, 1.165) is 12.8 Å². The monoisotopic (exact) mass is 255 g/mol. The number of carbonyl (C=O) groups is 1. The maximum Gasteiger partial charge on any atom is 0.217 e. The lowest BCUT2D eigenvalue weighted by molar-refractivity contribution is -0.119. The molecule has 1 N–H and O–H groups in total. The first kappa shape index (κ1) is 17.5. The maximum atomic E-state index is 11.1. The fourth-order valence-electron chi connectivity index (χ4n) is 2.37. The molecule has 0 aliphatic rings. The summed E-state index contributed by atoms with van der Waals surface area (Å²) in [6, 6.07) is 0.415. The smallest absolute Gasteiger partial charge is 0.217 e. The molecule has 1 unspecified atom stereocenters. The van der Waals surface area contributed by atoms with Crippen molar-refractivity contribution in [1.29, 1.82) is 0 Å². The fraction of sp³-hybridized carbons (Fsp3) is 0.938. The minimum atomic E-state index is 0.124. The molecule has 2 heteroatoms. The molecule has 0 aromatic heterocycles. The molecule has 0 saturated carbocycles. The molecule has 0 bridgehead atoms. The standard InChI is InChI=1S/C16H33NO/c1-4-6-8-9-10-11-12-14-16(13-7-5-2)17-15(3)18/h16H,4-14H2,1-3H3,(H,17,18). The van der Waals surface area contributed by atoms with Gasteiger partial charge in [0.25, 0.3) is 0 Å². The van der Waals surface area contributed by atoms with Gasteiger partial charge >= 0.3 is 0 Å².